The van der Waals surface area contributed by atoms with Gasteiger partial charge in [-0.2, -0.15) is 0 Å². The number of para-hydroxylation sites is 2. The zero-order chi connectivity index (χ0) is 24.6. The van der Waals surface area contributed by atoms with Crippen LogP contribution in [-0.2, 0) is 6.42 Å². The van der Waals surface area contributed by atoms with E-state index in [1.165, 1.54) is 12.1 Å². The maximum absolute atomic E-state index is 13.9. The monoisotopic (exact) mass is 475 g/mol. The second kappa shape index (κ2) is 11.5. The van der Waals surface area contributed by atoms with Crippen molar-refractivity contribution in [2.24, 2.45) is 0 Å². The van der Waals surface area contributed by atoms with Gasteiger partial charge in [0.1, 0.15) is 11.6 Å². The Hall–Kier alpha value is -3.87. The maximum Gasteiger partial charge on any atom is 0.254 e. The molecule has 35 heavy (non-hydrogen) atoms. The standard InChI is InChI=1S/C28H30FN3O3/c1-35-26-13-7-2-8-20(26)14-17-30-27(33)23-10-4-6-12-25(23)32-18-15-21(16-19-32)31-28(34)22-9-3-5-11-24(22)29/h2-13,21H,14-19H2,1H3,(H,30,33)(H,31,34). The number of hydrogen-bond donors (Lipinski definition) is 2. The molecule has 4 rings (SSSR count). The van der Waals surface area contributed by atoms with Gasteiger partial charge in [0.05, 0.1) is 18.2 Å². The second-order valence-electron chi connectivity index (χ2n) is 8.55. The number of rotatable bonds is 8. The van der Waals surface area contributed by atoms with Crippen LogP contribution >= 0.6 is 0 Å². The summed E-state index contributed by atoms with van der Waals surface area (Å²) in [5, 5.41) is 5.97. The minimum atomic E-state index is -0.520. The van der Waals surface area contributed by atoms with Crippen LogP contribution in [0.1, 0.15) is 39.1 Å². The van der Waals surface area contributed by atoms with Crippen molar-refractivity contribution < 1.29 is 18.7 Å². The van der Waals surface area contributed by atoms with Gasteiger partial charge >= 0.3 is 0 Å². The number of amides is 2. The summed E-state index contributed by atoms with van der Waals surface area (Å²) in [5.41, 5.74) is 2.61. The van der Waals surface area contributed by atoms with Gasteiger partial charge in [-0.05, 0) is 55.2 Å². The van der Waals surface area contributed by atoms with Gasteiger partial charge in [-0.15, -0.1) is 0 Å². The molecule has 6 nitrogen and oxygen atoms in total. The highest BCUT2D eigenvalue weighted by molar-refractivity contribution is 6.00. The Bertz CT molecular complexity index is 1180. The molecule has 0 atom stereocenters. The average Bonchev–Trinajstić information content (AvgIpc) is 2.89. The summed E-state index contributed by atoms with van der Waals surface area (Å²) >= 11 is 0. The van der Waals surface area contributed by atoms with Crippen molar-refractivity contribution in [3.05, 3.63) is 95.3 Å². The Balaban J connectivity index is 1.33. The number of carbonyl (C=O) groups excluding carboxylic acids is 2. The molecule has 3 aromatic carbocycles. The third-order valence-corrected chi connectivity index (χ3v) is 6.31. The van der Waals surface area contributed by atoms with Gasteiger partial charge in [0.15, 0.2) is 0 Å². The molecule has 1 fully saturated rings. The summed E-state index contributed by atoms with van der Waals surface area (Å²) in [6.45, 7) is 1.87. The molecule has 2 N–H and O–H groups in total. The molecule has 1 aliphatic heterocycles. The van der Waals surface area contributed by atoms with E-state index in [9.17, 15) is 14.0 Å². The van der Waals surface area contributed by atoms with E-state index < -0.39 is 11.7 Å². The Morgan fingerprint density at radius 1 is 0.914 bits per heavy atom. The van der Waals surface area contributed by atoms with E-state index >= 15 is 0 Å². The first-order chi connectivity index (χ1) is 17.1. The third kappa shape index (κ3) is 5.98. The van der Waals surface area contributed by atoms with E-state index in [1.807, 2.05) is 48.5 Å². The summed E-state index contributed by atoms with van der Waals surface area (Å²) in [5.74, 6) is -0.220. The Morgan fingerprint density at radius 3 is 2.31 bits per heavy atom. The molecule has 182 valence electrons. The number of nitrogens with one attached hydrogen (secondary N) is 2. The first-order valence-corrected chi connectivity index (χ1v) is 11.9. The van der Waals surface area contributed by atoms with Crippen molar-refractivity contribution in [3.8, 4) is 5.75 Å². The van der Waals surface area contributed by atoms with Gasteiger partial charge in [0, 0.05) is 31.4 Å². The lowest BCUT2D eigenvalue weighted by atomic mass is 10.0. The summed E-state index contributed by atoms with van der Waals surface area (Å²) in [7, 11) is 1.64. The van der Waals surface area contributed by atoms with Gasteiger partial charge < -0.3 is 20.3 Å². The van der Waals surface area contributed by atoms with Gasteiger partial charge in [0.2, 0.25) is 0 Å². The Labute approximate surface area is 205 Å². The number of piperidine rings is 1. The summed E-state index contributed by atoms with van der Waals surface area (Å²) in [4.78, 5) is 27.6. The van der Waals surface area contributed by atoms with Crippen LogP contribution in [0.25, 0.3) is 0 Å². The molecule has 0 spiro atoms. The number of benzene rings is 3. The molecule has 0 aromatic heterocycles. The van der Waals surface area contributed by atoms with E-state index in [2.05, 4.69) is 15.5 Å². The highest BCUT2D eigenvalue weighted by Gasteiger charge is 2.24. The largest absolute Gasteiger partial charge is 0.496 e. The first-order valence-electron chi connectivity index (χ1n) is 11.9. The van der Waals surface area contributed by atoms with Gasteiger partial charge in [-0.25, -0.2) is 4.39 Å². The predicted molar refractivity (Wildman–Crippen MR) is 135 cm³/mol. The fourth-order valence-corrected chi connectivity index (χ4v) is 4.43. The van der Waals surface area contributed by atoms with Crippen molar-refractivity contribution in [1.82, 2.24) is 10.6 Å². The van der Waals surface area contributed by atoms with Crippen LogP contribution in [0, 0.1) is 5.82 Å². The molecular weight excluding hydrogens is 445 g/mol. The molecule has 1 aliphatic rings. The Morgan fingerprint density at radius 2 is 1.57 bits per heavy atom. The van der Waals surface area contributed by atoms with Crippen LogP contribution < -0.4 is 20.3 Å². The highest BCUT2D eigenvalue weighted by Crippen LogP contribution is 2.25. The van der Waals surface area contributed by atoms with Crippen LogP contribution in [-0.4, -0.2) is 44.6 Å². The molecule has 1 heterocycles. The van der Waals surface area contributed by atoms with Crippen LogP contribution in [0.3, 0.4) is 0 Å². The second-order valence-corrected chi connectivity index (χ2v) is 8.55. The van der Waals surface area contributed by atoms with Crippen molar-refractivity contribution >= 4 is 17.5 Å². The van der Waals surface area contributed by atoms with E-state index in [4.69, 9.17) is 4.74 Å². The molecule has 2 amide bonds. The fourth-order valence-electron chi connectivity index (χ4n) is 4.43. The average molecular weight is 476 g/mol. The highest BCUT2D eigenvalue weighted by atomic mass is 19.1. The molecule has 1 saturated heterocycles. The quantitative estimate of drug-likeness (QED) is 0.512. The van der Waals surface area contributed by atoms with E-state index in [0.29, 0.717) is 44.5 Å². The zero-order valence-electron chi connectivity index (χ0n) is 19.8. The third-order valence-electron chi connectivity index (χ3n) is 6.31. The lowest BCUT2D eigenvalue weighted by Gasteiger charge is -2.35. The summed E-state index contributed by atoms with van der Waals surface area (Å²) < 4.78 is 19.3. The fraction of sp³-hybridized carbons (Fsp3) is 0.286. The van der Waals surface area contributed by atoms with Crippen LogP contribution in [0.15, 0.2) is 72.8 Å². The van der Waals surface area contributed by atoms with Crippen LogP contribution in [0.2, 0.25) is 0 Å². The van der Waals surface area contributed by atoms with Gasteiger partial charge in [-0.3, -0.25) is 9.59 Å². The maximum atomic E-state index is 13.9. The predicted octanol–water partition coefficient (Wildman–Crippen LogP) is 4.21. The van der Waals surface area contributed by atoms with Crippen LogP contribution in [0.5, 0.6) is 5.75 Å². The lowest BCUT2D eigenvalue weighted by molar-refractivity contribution is 0.0925. The van der Waals surface area contributed by atoms with E-state index in [1.54, 1.807) is 19.2 Å². The van der Waals surface area contributed by atoms with Gasteiger partial charge in [-0.1, -0.05) is 42.5 Å². The zero-order valence-corrected chi connectivity index (χ0v) is 19.8. The number of ether oxygens (including phenoxy) is 1. The van der Waals surface area contributed by atoms with Crippen molar-refractivity contribution in [2.75, 3.05) is 31.6 Å². The number of nitrogens with zero attached hydrogens (tertiary/aromatic N) is 1. The number of hydrogen-bond acceptors (Lipinski definition) is 4. The van der Waals surface area contributed by atoms with Crippen molar-refractivity contribution in [1.29, 1.82) is 0 Å². The van der Waals surface area contributed by atoms with E-state index in [0.717, 1.165) is 17.0 Å². The smallest absolute Gasteiger partial charge is 0.254 e. The first kappa shape index (κ1) is 24.3. The molecule has 7 heteroatoms. The normalized spacial score (nSPS) is 13.8. The number of anilines is 1. The minimum Gasteiger partial charge on any atom is -0.496 e. The SMILES string of the molecule is COc1ccccc1CCNC(=O)c1ccccc1N1CCC(NC(=O)c2ccccc2F)CC1. The van der Waals surface area contributed by atoms with E-state index in [-0.39, 0.29) is 17.5 Å². The van der Waals surface area contributed by atoms with Crippen molar-refractivity contribution in [2.45, 2.75) is 25.3 Å². The molecule has 0 saturated carbocycles. The van der Waals surface area contributed by atoms with Crippen LogP contribution in [0.4, 0.5) is 10.1 Å². The molecule has 0 unspecified atom stereocenters. The number of carbonyl (C=O) groups is 2. The number of halogens is 1. The van der Waals surface area contributed by atoms with Gasteiger partial charge in [0.25, 0.3) is 11.8 Å². The Kier molecular flexibility index (Phi) is 7.98. The molecular formula is C28H30FN3O3. The summed E-state index contributed by atoms with van der Waals surface area (Å²) in [6, 6.07) is 21.3. The topological polar surface area (TPSA) is 70.7 Å². The molecule has 0 aliphatic carbocycles. The lowest BCUT2D eigenvalue weighted by Crippen LogP contribution is -2.45. The number of methoxy groups -OCH3 is 1. The summed E-state index contributed by atoms with van der Waals surface area (Å²) in [6.07, 6.45) is 2.10. The molecule has 0 bridgehead atoms. The minimum absolute atomic E-state index is 0.0415. The molecule has 3 aromatic rings. The van der Waals surface area contributed by atoms with Crippen molar-refractivity contribution in [3.63, 3.8) is 0 Å². The molecule has 0 radical (unpaired) electrons.